The van der Waals surface area contributed by atoms with E-state index in [1.54, 1.807) is 6.07 Å². The summed E-state index contributed by atoms with van der Waals surface area (Å²) in [4.78, 5) is 4.56. The maximum absolute atomic E-state index is 13.3. The number of aliphatic imine (C=N–C) groups is 1. The molecule has 1 heterocycles. The summed E-state index contributed by atoms with van der Waals surface area (Å²) in [5.41, 5.74) is 4.45. The lowest BCUT2D eigenvalue weighted by Gasteiger charge is -2.12. The fourth-order valence-corrected chi connectivity index (χ4v) is 2.91. The van der Waals surface area contributed by atoms with Crippen LogP contribution in [0.4, 0.5) is 4.39 Å². The van der Waals surface area contributed by atoms with E-state index in [4.69, 9.17) is 0 Å². The van der Waals surface area contributed by atoms with Crippen LogP contribution in [0.5, 0.6) is 0 Å². The van der Waals surface area contributed by atoms with E-state index in [0.29, 0.717) is 13.1 Å². The average Bonchev–Trinajstić information content (AvgIpc) is 2.92. The van der Waals surface area contributed by atoms with Crippen LogP contribution >= 0.6 is 24.0 Å². The second kappa shape index (κ2) is 11.2. The Morgan fingerprint density at radius 3 is 2.58 bits per heavy atom. The van der Waals surface area contributed by atoms with Gasteiger partial charge in [0.25, 0.3) is 0 Å². The molecule has 1 aromatic heterocycles. The third-order valence-electron chi connectivity index (χ3n) is 4.11. The van der Waals surface area contributed by atoms with E-state index < -0.39 is 0 Å². The smallest absolute Gasteiger partial charge is 0.191 e. The minimum atomic E-state index is -0.235. The Morgan fingerprint density at radius 2 is 1.96 bits per heavy atom. The van der Waals surface area contributed by atoms with Gasteiger partial charge in [-0.2, -0.15) is 5.10 Å². The third kappa shape index (κ3) is 5.96. The lowest BCUT2D eigenvalue weighted by molar-refractivity contribution is 0.625. The third-order valence-corrected chi connectivity index (χ3v) is 4.11. The first-order valence-electron chi connectivity index (χ1n) is 8.89. The Balaban J connectivity index is 0.00000338. The van der Waals surface area contributed by atoms with Gasteiger partial charge < -0.3 is 10.6 Å². The van der Waals surface area contributed by atoms with Crippen LogP contribution in [-0.2, 0) is 33.0 Å². The van der Waals surface area contributed by atoms with Gasteiger partial charge in [-0.05, 0) is 37.5 Å². The zero-order valence-electron chi connectivity index (χ0n) is 16.0. The van der Waals surface area contributed by atoms with Gasteiger partial charge in [-0.3, -0.25) is 4.68 Å². The lowest BCUT2D eigenvalue weighted by Crippen LogP contribution is -2.37. The molecule has 0 radical (unpaired) electrons. The zero-order chi connectivity index (χ0) is 18.2. The van der Waals surface area contributed by atoms with Crippen molar-refractivity contribution < 1.29 is 4.39 Å². The second-order valence-electron chi connectivity index (χ2n) is 5.88. The summed E-state index contributed by atoms with van der Waals surface area (Å²) in [5.74, 6) is 0.487. The largest absolute Gasteiger partial charge is 0.357 e. The summed E-state index contributed by atoms with van der Waals surface area (Å²) in [6, 6.07) is 6.54. The number of rotatable bonds is 7. The first-order valence-corrected chi connectivity index (χ1v) is 8.89. The molecule has 0 bridgehead atoms. The lowest BCUT2D eigenvalue weighted by atomic mass is 10.1. The van der Waals surface area contributed by atoms with Crippen LogP contribution in [0.25, 0.3) is 0 Å². The minimum Gasteiger partial charge on any atom is -0.357 e. The molecule has 2 N–H and O–H groups in total. The molecular weight excluding hydrogens is 444 g/mol. The van der Waals surface area contributed by atoms with E-state index in [0.717, 1.165) is 36.6 Å². The molecule has 5 nitrogen and oxygen atoms in total. The maximum Gasteiger partial charge on any atom is 0.191 e. The molecule has 0 atom stereocenters. The fourth-order valence-electron chi connectivity index (χ4n) is 2.91. The van der Waals surface area contributed by atoms with Gasteiger partial charge in [0.2, 0.25) is 0 Å². The summed E-state index contributed by atoms with van der Waals surface area (Å²) < 4.78 is 15.3. The number of benzene rings is 1. The molecule has 0 spiro atoms. The van der Waals surface area contributed by atoms with E-state index in [1.807, 2.05) is 24.7 Å². The zero-order valence-corrected chi connectivity index (χ0v) is 18.3. The molecule has 2 aromatic rings. The molecule has 0 saturated heterocycles. The van der Waals surface area contributed by atoms with Gasteiger partial charge in [-0.1, -0.05) is 26.0 Å². The molecule has 0 unspecified atom stereocenters. The Morgan fingerprint density at radius 1 is 1.19 bits per heavy atom. The molecule has 0 aliphatic rings. The molecule has 144 valence electrons. The van der Waals surface area contributed by atoms with Crippen LogP contribution in [0, 0.1) is 5.82 Å². The average molecular weight is 473 g/mol. The summed E-state index contributed by atoms with van der Waals surface area (Å²) in [6.07, 6.45) is 1.85. The molecule has 0 aliphatic heterocycles. The van der Waals surface area contributed by atoms with Crippen LogP contribution in [0.15, 0.2) is 29.3 Å². The van der Waals surface area contributed by atoms with Gasteiger partial charge in [-0.15, -0.1) is 24.0 Å². The number of aromatic nitrogens is 2. The maximum atomic E-state index is 13.3. The van der Waals surface area contributed by atoms with Crippen LogP contribution in [-0.4, -0.2) is 22.3 Å². The van der Waals surface area contributed by atoms with Gasteiger partial charge in [0.1, 0.15) is 5.82 Å². The van der Waals surface area contributed by atoms with Gasteiger partial charge in [0.05, 0.1) is 12.2 Å². The summed E-state index contributed by atoms with van der Waals surface area (Å²) in [6.45, 7) is 8.16. The standard InChI is InChI=1S/C19H28FN5.HI/c1-5-17-16(18(6-2)25(4)24-17)13-23-19(21-7-3)22-12-14-9-8-10-15(20)11-14;/h8-11H,5-7,12-13H2,1-4H3,(H2,21,22,23);1H. The topological polar surface area (TPSA) is 54.2 Å². The molecule has 2 rings (SSSR count). The molecule has 7 heteroatoms. The van der Waals surface area contributed by atoms with Gasteiger partial charge in [0.15, 0.2) is 5.96 Å². The Hall–Kier alpha value is -1.64. The van der Waals surface area contributed by atoms with E-state index in [2.05, 4.69) is 34.6 Å². The highest BCUT2D eigenvalue weighted by Gasteiger charge is 2.13. The first-order chi connectivity index (χ1) is 12.1. The molecular formula is C19H29FIN5. The summed E-state index contributed by atoms with van der Waals surface area (Å²) in [7, 11) is 1.99. The predicted molar refractivity (Wildman–Crippen MR) is 115 cm³/mol. The number of hydrogen-bond donors (Lipinski definition) is 2. The van der Waals surface area contributed by atoms with Crippen molar-refractivity contribution in [3.63, 3.8) is 0 Å². The normalized spacial score (nSPS) is 11.2. The predicted octanol–water partition coefficient (Wildman–Crippen LogP) is 3.56. The second-order valence-corrected chi connectivity index (χ2v) is 5.88. The van der Waals surface area contributed by atoms with Crippen molar-refractivity contribution in [1.82, 2.24) is 20.4 Å². The SMILES string of the molecule is CCNC(=NCc1cccc(F)c1)NCc1c(CC)nn(C)c1CC.I. The van der Waals surface area contributed by atoms with Gasteiger partial charge in [-0.25, -0.2) is 9.38 Å². The number of nitrogens with zero attached hydrogens (tertiary/aromatic N) is 3. The van der Waals surface area contributed by atoms with E-state index >= 15 is 0 Å². The highest BCUT2D eigenvalue weighted by atomic mass is 127. The highest BCUT2D eigenvalue weighted by molar-refractivity contribution is 14.0. The van der Waals surface area contributed by atoms with Crippen LogP contribution < -0.4 is 10.6 Å². The highest BCUT2D eigenvalue weighted by Crippen LogP contribution is 2.15. The number of halogens is 2. The van der Waals surface area contributed by atoms with Crippen molar-refractivity contribution in [2.45, 2.75) is 46.7 Å². The van der Waals surface area contributed by atoms with Crippen molar-refractivity contribution >= 4 is 29.9 Å². The molecule has 0 fully saturated rings. The van der Waals surface area contributed by atoms with E-state index in [1.165, 1.54) is 23.4 Å². The summed E-state index contributed by atoms with van der Waals surface area (Å²) >= 11 is 0. The number of hydrogen-bond acceptors (Lipinski definition) is 2. The quantitative estimate of drug-likeness (QED) is 0.368. The van der Waals surface area contributed by atoms with Crippen molar-refractivity contribution in [3.8, 4) is 0 Å². The van der Waals surface area contributed by atoms with Crippen LogP contribution in [0.1, 0.15) is 43.3 Å². The van der Waals surface area contributed by atoms with Crippen molar-refractivity contribution in [1.29, 1.82) is 0 Å². The molecule has 1 aromatic carbocycles. The van der Waals surface area contributed by atoms with Gasteiger partial charge in [0, 0.05) is 31.4 Å². The van der Waals surface area contributed by atoms with Crippen molar-refractivity contribution in [3.05, 3.63) is 52.6 Å². The minimum absolute atomic E-state index is 0. The summed E-state index contributed by atoms with van der Waals surface area (Å²) in [5, 5.41) is 11.2. The number of guanidine groups is 1. The Labute approximate surface area is 172 Å². The van der Waals surface area contributed by atoms with Crippen molar-refractivity contribution in [2.24, 2.45) is 12.0 Å². The Bertz CT molecular complexity index is 727. The van der Waals surface area contributed by atoms with E-state index in [-0.39, 0.29) is 29.8 Å². The molecule has 26 heavy (non-hydrogen) atoms. The number of aryl methyl sites for hydroxylation is 2. The van der Waals surface area contributed by atoms with Crippen molar-refractivity contribution in [2.75, 3.05) is 6.54 Å². The van der Waals surface area contributed by atoms with Gasteiger partial charge >= 0.3 is 0 Å². The number of nitrogens with one attached hydrogen (secondary N) is 2. The molecule has 0 aliphatic carbocycles. The van der Waals surface area contributed by atoms with Crippen LogP contribution in [0.3, 0.4) is 0 Å². The van der Waals surface area contributed by atoms with Crippen LogP contribution in [0.2, 0.25) is 0 Å². The monoisotopic (exact) mass is 473 g/mol. The fraction of sp³-hybridized carbons (Fsp3) is 0.474. The Kier molecular flexibility index (Phi) is 9.61. The molecule has 0 saturated carbocycles. The van der Waals surface area contributed by atoms with E-state index in [9.17, 15) is 4.39 Å². The first kappa shape index (κ1) is 22.4. The molecule has 0 amide bonds.